The first-order chi connectivity index (χ1) is 20.0. The number of anilines is 1. The van der Waals surface area contributed by atoms with E-state index in [2.05, 4.69) is 5.32 Å². The number of benzene rings is 1. The van der Waals surface area contributed by atoms with Crippen molar-refractivity contribution < 1.29 is 43.4 Å². The molecule has 5 saturated carbocycles. The van der Waals surface area contributed by atoms with Crippen molar-refractivity contribution in [2.45, 2.75) is 87.2 Å². The van der Waals surface area contributed by atoms with Gasteiger partial charge in [-0.3, -0.25) is 4.79 Å². The Kier molecular flexibility index (Phi) is 6.11. The summed E-state index contributed by atoms with van der Waals surface area (Å²) in [4.78, 5) is 25.9. The number of piperidine rings is 1. The van der Waals surface area contributed by atoms with Gasteiger partial charge in [0, 0.05) is 58.8 Å². The molecule has 1 aliphatic heterocycles. The highest BCUT2D eigenvalue weighted by Crippen LogP contribution is 2.83. The number of carbonyl (C=O) groups is 2. The SMILES string of the molecule is CC[N@+]1([O-])[C@H]2[C@H]3C[C@H]4[C@@]2([C@H](OC)CC[C@]41OC(=O)c1ccccc1NC(C)=O)[C@@H]1C[C@@H]2[C@@H](OC)[C@]1(O)[C@@]3(O)C[C@H]2OC. The number of esters is 1. The summed E-state index contributed by atoms with van der Waals surface area (Å²) in [7, 11) is 4.84. The monoisotopic (exact) mass is 586 g/mol. The summed E-state index contributed by atoms with van der Waals surface area (Å²) in [6, 6.07) is 5.98. The molecule has 5 aliphatic carbocycles. The number of amides is 1. The molecule has 230 valence electrons. The van der Waals surface area contributed by atoms with Crippen molar-refractivity contribution in [3.8, 4) is 0 Å². The maximum absolute atomic E-state index is 15.6. The maximum atomic E-state index is 15.6. The number of methoxy groups -OCH3 is 3. The molecule has 1 aromatic carbocycles. The predicted octanol–water partition coefficient (Wildman–Crippen LogP) is 2.19. The van der Waals surface area contributed by atoms with Gasteiger partial charge in [0.15, 0.2) is 0 Å². The minimum Gasteiger partial charge on any atom is -0.630 e. The van der Waals surface area contributed by atoms with Crippen LogP contribution in [0.25, 0.3) is 0 Å². The topological polar surface area (TPSA) is 147 Å². The number of fused-ring (bicyclic) bond motifs is 2. The van der Waals surface area contributed by atoms with E-state index in [0.29, 0.717) is 31.4 Å². The van der Waals surface area contributed by atoms with Gasteiger partial charge in [0.25, 0.3) is 5.72 Å². The lowest BCUT2D eigenvalue weighted by atomic mass is 9.48. The number of likely N-dealkylation sites (tertiary alicyclic amines) is 1. The van der Waals surface area contributed by atoms with E-state index in [-0.39, 0.29) is 42.6 Å². The number of ether oxygens (including phenoxy) is 4. The van der Waals surface area contributed by atoms with Crippen molar-refractivity contribution in [2.24, 2.45) is 29.1 Å². The first-order valence-corrected chi connectivity index (χ1v) is 15.2. The number of nitrogens with one attached hydrogen (secondary N) is 1. The normalized spacial score (nSPS) is 51.0. The molecular weight excluding hydrogens is 544 g/mol. The molecule has 1 amide bonds. The van der Waals surface area contributed by atoms with E-state index < -0.39 is 62.9 Å². The van der Waals surface area contributed by atoms with Gasteiger partial charge in [-0.1, -0.05) is 12.1 Å². The minimum absolute atomic E-state index is 0.128. The second-order valence-corrected chi connectivity index (χ2v) is 13.5. The molecule has 0 unspecified atom stereocenters. The number of rotatable bonds is 7. The summed E-state index contributed by atoms with van der Waals surface area (Å²) < 4.78 is 23.8. The third-order valence-electron chi connectivity index (χ3n) is 12.7. The molecule has 7 bridgehead atoms. The molecule has 1 saturated heterocycles. The average molecular weight is 587 g/mol. The number of quaternary nitrogens is 1. The first kappa shape index (κ1) is 28.6. The zero-order valence-electron chi connectivity index (χ0n) is 24.9. The molecule has 0 radical (unpaired) electrons. The Hall–Kier alpha value is -2.12. The molecule has 6 aliphatic rings. The fourth-order valence-corrected chi connectivity index (χ4v) is 11.8. The first-order valence-electron chi connectivity index (χ1n) is 15.2. The van der Waals surface area contributed by atoms with E-state index in [1.165, 1.54) is 6.92 Å². The lowest BCUT2D eigenvalue weighted by molar-refractivity contribution is -0.975. The van der Waals surface area contributed by atoms with Crippen LogP contribution in [0, 0.1) is 34.3 Å². The van der Waals surface area contributed by atoms with E-state index in [0.717, 1.165) is 0 Å². The maximum Gasteiger partial charge on any atom is 0.344 e. The van der Waals surface area contributed by atoms with Crippen molar-refractivity contribution >= 4 is 17.6 Å². The number of hydrogen-bond donors (Lipinski definition) is 3. The van der Waals surface area contributed by atoms with Gasteiger partial charge < -0.3 is 44.3 Å². The summed E-state index contributed by atoms with van der Waals surface area (Å²) in [6.45, 7) is 3.31. The molecule has 0 aromatic heterocycles. The van der Waals surface area contributed by atoms with Crippen LogP contribution in [-0.4, -0.2) is 95.9 Å². The van der Waals surface area contributed by atoms with Crippen LogP contribution in [0.1, 0.15) is 56.3 Å². The molecule has 3 N–H and O–H groups in total. The average Bonchev–Trinajstić information content (AvgIpc) is 3.49. The zero-order valence-corrected chi connectivity index (χ0v) is 24.9. The molecule has 11 heteroatoms. The third kappa shape index (κ3) is 2.87. The fraction of sp³-hybridized carbons (Fsp3) is 0.742. The summed E-state index contributed by atoms with van der Waals surface area (Å²) in [5.74, 6) is -2.70. The lowest BCUT2D eigenvalue weighted by Crippen LogP contribution is -2.80. The number of hydrogen-bond acceptors (Lipinski definition) is 9. The fourth-order valence-electron chi connectivity index (χ4n) is 11.8. The molecule has 13 atom stereocenters. The van der Waals surface area contributed by atoms with Crippen molar-refractivity contribution in [3.63, 3.8) is 0 Å². The number of aliphatic hydroxyl groups is 2. The van der Waals surface area contributed by atoms with Crippen LogP contribution >= 0.6 is 0 Å². The van der Waals surface area contributed by atoms with Gasteiger partial charge in [-0.2, -0.15) is 0 Å². The number of carbonyl (C=O) groups excluding carboxylic acids is 2. The van der Waals surface area contributed by atoms with Crippen molar-refractivity contribution in [2.75, 3.05) is 33.2 Å². The summed E-state index contributed by atoms with van der Waals surface area (Å²) in [5.41, 5.74) is -5.01. The second-order valence-electron chi connectivity index (χ2n) is 13.5. The number of para-hydroxylation sites is 1. The predicted molar refractivity (Wildman–Crippen MR) is 149 cm³/mol. The van der Waals surface area contributed by atoms with Crippen molar-refractivity contribution in [3.05, 3.63) is 35.0 Å². The Bertz CT molecular complexity index is 1330. The van der Waals surface area contributed by atoms with Gasteiger partial charge in [0.2, 0.25) is 5.91 Å². The lowest BCUT2D eigenvalue weighted by Gasteiger charge is -2.65. The van der Waals surface area contributed by atoms with Crippen LogP contribution in [0.3, 0.4) is 0 Å². The Morgan fingerprint density at radius 2 is 1.83 bits per heavy atom. The summed E-state index contributed by atoms with van der Waals surface area (Å²) >= 11 is 0. The standard InChI is InChI=1S/C31H42N2O9/c1-6-33(38)25-19-14-22-29(33,42-27(35)17-9-7-8-10-20(17)32-16(2)34)12-11-24(40-4)30(22,25)23-13-18-21(39-3)15-28(19,36)31(23,37)26(18)41-5/h7-10,18-19,21-26,36-37H,6,11-15H2,1-5H3,(H,32,34)/t18-,19+,21+,22+,23-,24+,25-,26+,28+,29-,30-,31-,33-/m0/s1. The third-order valence-corrected chi connectivity index (χ3v) is 12.7. The number of hydroxylamine groups is 3. The molecule has 1 aromatic rings. The van der Waals surface area contributed by atoms with E-state index in [1.807, 2.05) is 6.92 Å². The van der Waals surface area contributed by atoms with Crippen LogP contribution in [0.5, 0.6) is 0 Å². The Morgan fingerprint density at radius 1 is 1.10 bits per heavy atom. The van der Waals surface area contributed by atoms with E-state index in [9.17, 15) is 19.8 Å². The quantitative estimate of drug-likeness (QED) is 0.249. The van der Waals surface area contributed by atoms with E-state index in [4.69, 9.17) is 18.9 Å². The van der Waals surface area contributed by atoms with E-state index >= 15 is 5.21 Å². The van der Waals surface area contributed by atoms with Crippen LogP contribution in [-0.2, 0) is 23.7 Å². The van der Waals surface area contributed by atoms with Gasteiger partial charge in [0.05, 0.1) is 47.4 Å². The molecule has 42 heavy (non-hydrogen) atoms. The Balaban J connectivity index is 1.40. The van der Waals surface area contributed by atoms with Crippen molar-refractivity contribution in [1.29, 1.82) is 0 Å². The molecule has 1 spiro atoms. The van der Waals surface area contributed by atoms with E-state index in [1.54, 1.807) is 45.6 Å². The van der Waals surface area contributed by atoms with Crippen LogP contribution in [0.15, 0.2) is 24.3 Å². The number of nitrogens with zero attached hydrogens (tertiary/aromatic N) is 1. The van der Waals surface area contributed by atoms with Gasteiger partial charge in [-0.15, -0.1) is 0 Å². The van der Waals surface area contributed by atoms with Gasteiger partial charge in [-0.25, -0.2) is 4.79 Å². The van der Waals surface area contributed by atoms with Gasteiger partial charge in [-0.05, 0) is 38.3 Å². The Morgan fingerprint density at radius 3 is 2.48 bits per heavy atom. The van der Waals surface area contributed by atoms with Crippen LogP contribution in [0.2, 0.25) is 0 Å². The minimum atomic E-state index is -1.62. The molecule has 11 nitrogen and oxygen atoms in total. The summed E-state index contributed by atoms with van der Waals surface area (Å²) in [6.07, 6.45) is 0.547. The highest BCUT2D eigenvalue weighted by Gasteiger charge is 2.95. The van der Waals surface area contributed by atoms with Gasteiger partial charge >= 0.3 is 5.97 Å². The van der Waals surface area contributed by atoms with Crippen LogP contribution < -0.4 is 5.32 Å². The molecule has 1 heterocycles. The highest BCUT2D eigenvalue weighted by molar-refractivity contribution is 6.00. The van der Waals surface area contributed by atoms with Gasteiger partial charge in [0.1, 0.15) is 17.2 Å². The summed E-state index contributed by atoms with van der Waals surface area (Å²) in [5, 5.41) is 43.7. The van der Waals surface area contributed by atoms with Crippen molar-refractivity contribution in [1.82, 2.24) is 0 Å². The smallest absolute Gasteiger partial charge is 0.344 e. The second kappa shape index (κ2) is 8.97. The zero-order chi connectivity index (χ0) is 30.0. The molecule has 6 fully saturated rings. The van der Waals surface area contributed by atoms with Crippen LogP contribution in [0.4, 0.5) is 5.69 Å². The molecule has 7 rings (SSSR count). The Labute approximate surface area is 245 Å². The highest BCUT2D eigenvalue weighted by atomic mass is 16.7. The molecular formula is C31H42N2O9. The largest absolute Gasteiger partial charge is 0.630 e.